The lowest BCUT2D eigenvalue weighted by Crippen LogP contribution is -1.97. The minimum atomic E-state index is 0.00455. The van der Waals surface area contributed by atoms with Gasteiger partial charge < -0.3 is 9.67 Å². The summed E-state index contributed by atoms with van der Waals surface area (Å²) < 4.78 is 1.90. The molecule has 0 aromatic carbocycles. The number of hydrogen-bond donors (Lipinski definition) is 1. The Hall–Kier alpha value is -1.70. The van der Waals surface area contributed by atoms with Gasteiger partial charge in [-0.3, -0.25) is 4.98 Å². The van der Waals surface area contributed by atoms with Crippen LogP contribution in [0.2, 0.25) is 0 Å². The van der Waals surface area contributed by atoms with Crippen LogP contribution >= 0.6 is 23.1 Å². The number of thioether (sulfide) groups is 1. The van der Waals surface area contributed by atoms with Gasteiger partial charge in [0.25, 0.3) is 0 Å². The van der Waals surface area contributed by atoms with Gasteiger partial charge in [0.15, 0.2) is 5.16 Å². The van der Waals surface area contributed by atoms with Crippen molar-refractivity contribution in [2.24, 2.45) is 7.05 Å². The largest absolute Gasteiger partial charge is 0.390 e. The maximum Gasteiger partial charge on any atom is 0.168 e. The number of pyridine rings is 1. The summed E-state index contributed by atoms with van der Waals surface area (Å²) in [5.74, 6) is 0.749. The van der Waals surface area contributed by atoms with Crippen LogP contribution in [0.5, 0.6) is 0 Å². The molecule has 0 radical (unpaired) electrons. The van der Waals surface area contributed by atoms with Crippen LogP contribution in [0.3, 0.4) is 0 Å². The van der Waals surface area contributed by atoms with E-state index in [-0.39, 0.29) is 6.61 Å². The zero-order valence-corrected chi connectivity index (χ0v) is 13.1. The number of imidazole rings is 1. The predicted molar refractivity (Wildman–Crippen MR) is 84.0 cm³/mol. The summed E-state index contributed by atoms with van der Waals surface area (Å²) >= 11 is 3.21. The van der Waals surface area contributed by atoms with Crippen LogP contribution in [0.1, 0.15) is 11.4 Å². The van der Waals surface area contributed by atoms with Gasteiger partial charge in [0.05, 0.1) is 29.9 Å². The third-order valence-electron chi connectivity index (χ3n) is 2.99. The molecule has 1 N–H and O–H groups in total. The van der Waals surface area contributed by atoms with Crippen LogP contribution in [0.15, 0.2) is 41.1 Å². The molecule has 0 amide bonds. The number of aliphatic hydroxyl groups excluding tert-OH is 1. The van der Waals surface area contributed by atoms with Crippen molar-refractivity contribution in [1.82, 2.24) is 19.5 Å². The molecule has 0 bridgehead atoms. The molecule has 3 aromatic heterocycles. The molecule has 0 aliphatic heterocycles. The van der Waals surface area contributed by atoms with Crippen molar-refractivity contribution < 1.29 is 5.11 Å². The van der Waals surface area contributed by atoms with Gasteiger partial charge in [-0.1, -0.05) is 17.8 Å². The van der Waals surface area contributed by atoms with Crippen LogP contribution in [-0.2, 0) is 19.4 Å². The highest BCUT2D eigenvalue weighted by Crippen LogP contribution is 2.26. The quantitative estimate of drug-likeness (QED) is 0.733. The molecular formula is C14H14N4OS2. The smallest absolute Gasteiger partial charge is 0.168 e. The maximum absolute atomic E-state index is 9.16. The van der Waals surface area contributed by atoms with E-state index in [0.29, 0.717) is 0 Å². The SMILES string of the molecule is Cn1c(CO)cnc1SCc1csc(-c2ccccn2)n1. The highest BCUT2D eigenvalue weighted by Gasteiger charge is 2.09. The summed E-state index contributed by atoms with van der Waals surface area (Å²) in [4.78, 5) is 13.2. The first-order chi connectivity index (χ1) is 10.3. The van der Waals surface area contributed by atoms with Crippen molar-refractivity contribution in [3.05, 3.63) is 47.4 Å². The molecule has 0 saturated heterocycles. The molecule has 3 aromatic rings. The van der Waals surface area contributed by atoms with Gasteiger partial charge in [-0.15, -0.1) is 11.3 Å². The molecular weight excluding hydrogens is 304 g/mol. The fraction of sp³-hybridized carbons (Fsp3) is 0.214. The van der Waals surface area contributed by atoms with Gasteiger partial charge >= 0.3 is 0 Å². The van der Waals surface area contributed by atoms with Crippen molar-refractivity contribution in [2.75, 3.05) is 0 Å². The molecule has 108 valence electrons. The summed E-state index contributed by atoms with van der Waals surface area (Å²) in [7, 11) is 1.90. The number of rotatable bonds is 5. The normalized spacial score (nSPS) is 11.0. The third-order valence-corrected chi connectivity index (χ3v) is 4.98. The summed E-state index contributed by atoms with van der Waals surface area (Å²) in [6, 6.07) is 5.82. The zero-order valence-electron chi connectivity index (χ0n) is 11.4. The van der Waals surface area contributed by atoms with Gasteiger partial charge in [-0.25, -0.2) is 9.97 Å². The lowest BCUT2D eigenvalue weighted by atomic mass is 10.4. The second-order valence-corrected chi connectivity index (χ2v) is 6.20. The van der Waals surface area contributed by atoms with Gasteiger partial charge in [-0.2, -0.15) is 0 Å². The minimum absolute atomic E-state index is 0.00455. The zero-order chi connectivity index (χ0) is 14.7. The van der Waals surface area contributed by atoms with Crippen LogP contribution in [0, 0.1) is 0 Å². The van der Waals surface area contributed by atoms with Crippen molar-refractivity contribution in [3.8, 4) is 10.7 Å². The second kappa shape index (κ2) is 6.38. The first kappa shape index (κ1) is 14.2. The van der Waals surface area contributed by atoms with Crippen LogP contribution in [-0.4, -0.2) is 24.6 Å². The molecule has 3 heterocycles. The molecule has 21 heavy (non-hydrogen) atoms. The van der Waals surface area contributed by atoms with Crippen molar-refractivity contribution in [2.45, 2.75) is 17.5 Å². The van der Waals surface area contributed by atoms with E-state index in [2.05, 4.69) is 15.0 Å². The van der Waals surface area contributed by atoms with Crippen molar-refractivity contribution in [1.29, 1.82) is 0 Å². The lowest BCUT2D eigenvalue weighted by molar-refractivity contribution is 0.271. The molecule has 3 rings (SSSR count). The first-order valence-electron chi connectivity index (χ1n) is 6.38. The highest BCUT2D eigenvalue weighted by molar-refractivity contribution is 7.98. The van der Waals surface area contributed by atoms with Gasteiger partial charge in [0.1, 0.15) is 5.01 Å². The summed E-state index contributed by atoms with van der Waals surface area (Å²) in [5.41, 5.74) is 2.72. The van der Waals surface area contributed by atoms with E-state index < -0.39 is 0 Å². The number of thiazole rings is 1. The topological polar surface area (TPSA) is 63.8 Å². The molecule has 0 unspecified atom stereocenters. The highest BCUT2D eigenvalue weighted by atomic mass is 32.2. The van der Waals surface area contributed by atoms with E-state index >= 15 is 0 Å². The first-order valence-corrected chi connectivity index (χ1v) is 8.24. The Kier molecular flexibility index (Phi) is 4.33. The van der Waals surface area contributed by atoms with E-state index in [1.165, 1.54) is 0 Å². The standard InChI is InChI=1S/C14H14N4OS2/c1-18-11(7-19)6-16-14(18)21-9-10-8-20-13(17-10)12-4-2-3-5-15-12/h2-6,8,19H,7,9H2,1H3. The van der Waals surface area contributed by atoms with E-state index in [9.17, 15) is 0 Å². The van der Waals surface area contributed by atoms with E-state index in [0.717, 1.165) is 33.0 Å². The summed E-state index contributed by atoms with van der Waals surface area (Å²) in [6.45, 7) is 0.00455. The molecule has 0 aliphatic rings. The fourth-order valence-corrected chi connectivity index (χ4v) is 3.59. The van der Waals surface area contributed by atoms with Crippen molar-refractivity contribution in [3.63, 3.8) is 0 Å². The monoisotopic (exact) mass is 318 g/mol. The Labute approximate surface area is 130 Å². The Morgan fingerprint density at radius 1 is 1.33 bits per heavy atom. The average molecular weight is 318 g/mol. The maximum atomic E-state index is 9.16. The molecule has 5 nitrogen and oxygen atoms in total. The average Bonchev–Trinajstić information content (AvgIpc) is 3.13. The second-order valence-electron chi connectivity index (χ2n) is 4.40. The minimum Gasteiger partial charge on any atom is -0.390 e. The molecule has 0 fully saturated rings. The number of nitrogens with zero attached hydrogens (tertiary/aromatic N) is 4. The van der Waals surface area contributed by atoms with E-state index in [1.54, 1.807) is 35.5 Å². The Bertz CT molecular complexity index is 724. The van der Waals surface area contributed by atoms with E-state index in [1.807, 2.05) is 35.2 Å². The predicted octanol–water partition coefficient (Wildman–Crippen LogP) is 2.72. The number of hydrogen-bond acceptors (Lipinski definition) is 6. The van der Waals surface area contributed by atoms with Gasteiger partial charge in [0, 0.05) is 24.4 Å². The third kappa shape index (κ3) is 3.15. The van der Waals surface area contributed by atoms with Gasteiger partial charge in [-0.05, 0) is 12.1 Å². The molecule has 0 atom stereocenters. The van der Waals surface area contributed by atoms with E-state index in [4.69, 9.17) is 5.11 Å². The Morgan fingerprint density at radius 3 is 2.95 bits per heavy atom. The molecule has 0 saturated carbocycles. The molecule has 0 aliphatic carbocycles. The number of aliphatic hydroxyl groups is 1. The van der Waals surface area contributed by atoms with Crippen LogP contribution in [0.4, 0.5) is 0 Å². The van der Waals surface area contributed by atoms with Crippen LogP contribution < -0.4 is 0 Å². The van der Waals surface area contributed by atoms with Crippen molar-refractivity contribution >= 4 is 23.1 Å². The summed E-state index contributed by atoms with van der Waals surface area (Å²) in [5, 5.41) is 13.0. The Balaban J connectivity index is 1.69. The van der Waals surface area contributed by atoms with Gasteiger partial charge in [0.2, 0.25) is 0 Å². The fourth-order valence-electron chi connectivity index (χ4n) is 1.83. The Morgan fingerprint density at radius 2 is 2.24 bits per heavy atom. The lowest BCUT2D eigenvalue weighted by Gasteiger charge is -2.02. The number of aromatic nitrogens is 4. The summed E-state index contributed by atoms with van der Waals surface area (Å²) in [6.07, 6.45) is 3.47. The molecule has 0 spiro atoms. The van der Waals surface area contributed by atoms with Crippen LogP contribution in [0.25, 0.3) is 10.7 Å². The molecule has 7 heteroatoms.